The number of ether oxygens (including phenoxy) is 1. The molecule has 1 unspecified atom stereocenters. The molecular formula is C14H14F2N4O4. The van der Waals surface area contributed by atoms with Crippen molar-refractivity contribution in [3.63, 3.8) is 0 Å². The SMILES string of the molecule is O=[N+]([O-])c1cnn(CC(O)CN2CCOc3cc(F)c(F)cc32)c1. The van der Waals surface area contributed by atoms with Crippen LogP contribution >= 0.6 is 0 Å². The lowest BCUT2D eigenvalue weighted by Gasteiger charge is -2.32. The second kappa shape index (κ2) is 6.40. The molecule has 2 aromatic rings. The zero-order chi connectivity index (χ0) is 17.3. The summed E-state index contributed by atoms with van der Waals surface area (Å²) in [5.74, 6) is -1.79. The van der Waals surface area contributed by atoms with Crippen LogP contribution in [0.2, 0.25) is 0 Å². The summed E-state index contributed by atoms with van der Waals surface area (Å²) in [5, 5.41) is 24.6. The van der Waals surface area contributed by atoms with Crippen LogP contribution in [0.3, 0.4) is 0 Å². The fourth-order valence-electron chi connectivity index (χ4n) is 2.53. The van der Waals surface area contributed by atoms with Crippen molar-refractivity contribution >= 4 is 11.4 Å². The summed E-state index contributed by atoms with van der Waals surface area (Å²) < 4.78 is 33.3. The largest absolute Gasteiger partial charge is 0.489 e. The Balaban J connectivity index is 1.70. The van der Waals surface area contributed by atoms with Gasteiger partial charge in [-0.05, 0) is 0 Å². The molecule has 0 saturated carbocycles. The van der Waals surface area contributed by atoms with Gasteiger partial charge >= 0.3 is 5.69 Å². The number of β-amino-alcohol motifs (C(OH)–C–C–N with tert-alkyl or cyclic N) is 1. The quantitative estimate of drug-likeness (QED) is 0.652. The van der Waals surface area contributed by atoms with Crippen LogP contribution in [0.1, 0.15) is 0 Å². The van der Waals surface area contributed by atoms with Gasteiger partial charge in [-0.3, -0.25) is 14.8 Å². The molecule has 1 aromatic heterocycles. The predicted octanol–water partition coefficient (Wildman–Crippen LogP) is 1.33. The maximum atomic E-state index is 13.4. The molecular weight excluding hydrogens is 326 g/mol. The van der Waals surface area contributed by atoms with Crippen molar-refractivity contribution in [3.05, 3.63) is 46.3 Å². The first-order chi connectivity index (χ1) is 11.4. The molecule has 0 amide bonds. The van der Waals surface area contributed by atoms with Gasteiger partial charge in [0.1, 0.15) is 24.8 Å². The molecule has 0 aliphatic carbocycles. The third kappa shape index (κ3) is 3.27. The van der Waals surface area contributed by atoms with E-state index in [9.17, 15) is 24.0 Å². The van der Waals surface area contributed by atoms with Gasteiger partial charge in [0, 0.05) is 18.7 Å². The topological polar surface area (TPSA) is 93.7 Å². The number of rotatable bonds is 5. The Labute approximate surface area is 135 Å². The normalized spacial score (nSPS) is 14.9. The molecule has 0 bridgehead atoms. The first-order valence-electron chi connectivity index (χ1n) is 7.15. The number of aromatic nitrogens is 2. The number of halogens is 2. The van der Waals surface area contributed by atoms with Crippen molar-refractivity contribution in [2.75, 3.05) is 24.6 Å². The van der Waals surface area contributed by atoms with Crippen LogP contribution < -0.4 is 9.64 Å². The van der Waals surface area contributed by atoms with E-state index in [4.69, 9.17) is 4.74 Å². The summed E-state index contributed by atoms with van der Waals surface area (Å²) in [6.45, 7) is 0.825. The van der Waals surface area contributed by atoms with Crippen molar-refractivity contribution in [3.8, 4) is 5.75 Å². The molecule has 1 aliphatic heterocycles. The summed E-state index contributed by atoms with van der Waals surface area (Å²) >= 11 is 0. The van der Waals surface area contributed by atoms with Crippen LogP contribution in [0.15, 0.2) is 24.5 Å². The van der Waals surface area contributed by atoms with Gasteiger partial charge in [0.25, 0.3) is 0 Å². The van der Waals surface area contributed by atoms with E-state index in [2.05, 4.69) is 5.10 Å². The lowest BCUT2D eigenvalue weighted by molar-refractivity contribution is -0.385. The first kappa shape index (κ1) is 16.1. The van der Waals surface area contributed by atoms with Gasteiger partial charge in [0.05, 0.1) is 29.8 Å². The van der Waals surface area contributed by atoms with Crippen LogP contribution in [-0.2, 0) is 6.54 Å². The molecule has 128 valence electrons. The van der Waals surface area contributed by atoms with E-state index in [1.807, 2.05) is 0 Å². The number of benzene rings is 1. The summed E-state index contributed by atoms with van der Waals surface area (Å²) in [6.07, 6.45) is 1.39. The van der Waals surface area contributed by atoms with Crippen molar-refractivity contribution in [1.82, 2.24) is 9.78 Å². The van der Waals surface area contributed by atoms with Crippen molar-refractivity contribution in [1.29, 1.82) is 0 Å². The van der Waals surface area contributed by atoms with Crippen molar-refractivity contribution < 1.29 is 23.5 Å². The number of aliphatic hydroxyl groups excluding tert-OH is 1. The van der Waals surface area contributed by atoms with E-state index < -0.39 is 22.7 Å². The van der Waals surface area contributed by atoms with E-state index >= 15 is 0 Å². The highest BCUT2D eigenvalue weighted by molar-refractivity contribution is 5.60. The number of nitro groups is 1. The van der Waals surface area contributed by atoms with Gasteiger partial charge in [-0.25, -0.2) is 8.78 Å². The van der Waals surface area contributed by atoms with Crippen LogP contribution in [0.4, 0.5) is 20.2 Å². The van der Waals surface area contributed by atoms with E-state index in [0.29, 0.717) is 12.2 Å². The Morgan fingerprint density at radius 1 is 1.38 bits per heavy atom. The highest BCUT2D eigenvalue weighted by atomic mass is 19.2. The van der Waals surface area contributed by atoms with Gasteiger partial charge in [0.2, 0.25) is 0 Å². The summed E-state index contributed by atoms with van der Waals surface area (Å²) in [7, 11) is 0. The molecule has 1 aromatic carbocycles. The molecule has 2 heterocycles. The third-order valence-electron chi connectivity index (χ3n) is 3.62. The fourth-order valence-corrected chi connectivity index (χ4v) is 2.53. The lowest BCUT2D eigenvalue weighted by Crippen LogP contribution is -2.40. The second-order valence-corrected chi connectivity index (χ2v) is 5.36. The Bertz CT molecular complexity index is 767. The number of hydrogen-bond acceptors (Lipinski definition) is 6. The third-order valence-corrected chi connectivity index (χ3v) is 3.62. The monoisotopic (exact) mass is 340 g/mol. The first-order valence-corrected chi connectivity index (χ1v) is 7.15. The van der Waals surface area contributed by atoms with Crippen LogP contribution in [0, 0.1) is 21.7 Å². The molecule has 1 atom stereocenters. The molecule has 1 aliphatic rings. The average molecular weight is 340 g/mol. The molecule has 24 heavy (non-hydrogen) atoms. The van der Waals surface area contributed by atoms with Gasteiger partial charge in [0.15, 0.2) is 11.6 Å². The Morgan fingerprint density at radius 2 is 2.12 bits per heavy atom. The molecule has 10 heteroatoms. The molecule has 1 N–H and O–H groups in total. The standard InChI is InChI=1S/C14H14F2N4O4/c15-11-3-13-14(4-12(11)16)24-2-1-18(13)7-10(21)8-19-6-9(5-17-19)20(22)23/h3-6,10,21H,1-2,7-8H2. The number of aliphatic hydroxyl groups is 1. The molecule has 0 radical (unpaired) electrons. The minimum atomic E-state index is -1.00. The van der Waals surface area contributed by atoms with E-state index in [1.54, 1.807) is 4.90 Å². The van der Waals surface area contributed by atoms with Gasteiger partial charge < -0.3 is 14.7 Å². The summed E-state index contributed by atoms with van der Waals surface area (Å²) in [5.41, 5.74) is 0.183. The molecule has 3 rings (SSSR count). The zero-order valence-electron chi connectivity index (χ0n) is 12.4. The second-order valence-electron chi connectivity index (χ2n) is 5.36. The lowest BCUT2D eigenvalue weighted by atomic mass is 10.2. The summed E-state index contributed by atoms with van der Waals surface area (Å²) in [6, 6.07) is 2.00. The van der Waals surface area contributed by atoms with Crippen LogP contribution in [-0.4, -0.2) is 45.6 Å². The van der Waals surface area contributed by atoms with E-state index in [1.165, 1.54) is 10.9 Å². The zero-order valence-corrected chi connectivity index (χ0v) is 12.4. The predicted molar refractivity (Wildman–Crippen MR) is 79.0 cm³/mol. The Morgan fingerprint density at radius 3 is 2.83 bits per heavy atom. The van der Waals surface area contributed by atoms with Crippen molar-refractivity contribution in [2.24, 2.45) is 0 Å². The maximum Gasteiger partial charge on any atom is 0.306 e. The maximum absolute atomic E-state index is 13.4. The van der Waals surface area contributed by atoms with Crippen LogP contribution in [0.5, 0.6) is 5.75 Å². The number of anilines is 1. The Kier molecular flexibility index (Phi) is 4.30. The van der Waals surface area contributed by atoms with Crippen LogP contribution in [0.25, 0.3) is 0 Å². The fraction of sp³-hybridized carbons (Fsp3) is 0.357. The van der Waals surface area contributed by atoms with Crippen molar-refractivity contribution in [2.45, 2.75) is 12.6 Å². The molecule has 0 spiro atoms. The number of hydrogen-bond donors (Lipinski definition) is 1. The molecule has 0 saturated heterocycles. The van der Waals surface area contributed by atoms with E-state index in [-0.39, 0.29) is 31.1 Å². The minimum Gasteiger partial charge on any atom is -0.489 e. The minimum absolute atomic E-state index is 0.0320. The number of fused-ring (bicyclic) bond motifs is 1. The smallest absolute Gasteiger partial charge is 0.306 e. The van der Waals surface area contributed by atoms with Gasteiger partial charge in [-0.15, -0.1) is 0 Å². The molecule has 8 nitrogen and oxygen atoms in total. The average Bonchev–Trinajstić information content (AvgIpc) is 2.98. The highest BCUT2D eigenvalue weighted by Crippen LogP contribution is 2.33. The Hall–Kier alpha value is -2.75. The summed E-state index contributed by atoms with van der Waals surface area (Å²) in [4.78, 5) is 11.7. The molecule has 0 fully saturated rings. The van der Waals surface area contributed by atoms with E-state index in [0.717, 1.165) is 18.3 Å². The number of nitrogens with zero attached hydrogens (tertiary/aromatic N) is 4. The van der Waals surface area contributed by atoms with Gasteiger partial charge in [-0.2, -0.15) is 5.10 Å². The van der Waals surface area contributed by atoms with Gasteiger partial charge in [-0.1, -0.05) is 0 Å². The highest BCUT2D eigenvalue weighted by Gasteiger charge is 2.23.